The minimum Gasteiger partial charge on any atom is -0.299 e. The Balaban J connectivity index is 1.78. The molecule has 24 heavy (non-hydrogen) atoms. The lowest BCUT2D eigenvalue weighted by Gasteiger charge is -2.58. The van der Waals surface area contributed by atoms with Crippen molar-refractivity contribution in [2.75, 3.05) is 5.33 Å². The molecule has 0 radical (unpaired) electrons. The number of rotatable bonds is 1. The zero-order valence-electron chi connectivity index (χ0n) is 14.5. The molecule has 3 fully saturated rings. The standard InChI is InChI=1S/C20H26BrFO2/c1-19-5-3-12(23)8-15(19)11(10-21)7-13-14(19)4-6-20(2)17(24)9-16(22)18(13)20/h8,11,13-14,16,18H,3-7,9-10H2,1-2H3/t11?,13-,14+,16?,18-,19-,20-/m1/s1. The van der Waals surface area contributed by atoms with Gasteiger partial charge < -0.3 is 0 Å². The lowest BCUT2D eigenvalue weighted by molar-refractivity contribution is -0.134. The van der Waals surface area contributed by atoms with Crippen LogP contribution in [0.3, 0.4) is 0 Å². The smallest absolute Gasteiger partial charge is 0.155 e. The number of fused-ring (bicyclic) bond motifs is 5. The summed E-state index contributed by atoms with van der Waals surface area (Å²) in [5, 5.41) is 0.819. The van der Waals surface area contributed by atoms with Gasteiger partial charge >= 0.3 is 0 Å². The number of hydrogen-bond donors (Lipinski definition) is 0. The van der Waals surface area contributed by atoms with Crippen molar-refractivity contribution < 1.29 is 14.0 Å². The van der Waals surface area contributed by atoms with Crippen molar-refractivity contribution in [3.8, 4) is 0 Å². The molecule has 0 amide bonds. The van der Waals surface area contributed by atoms with E-state index < -0.39 is 11.6 Å². The molecular weight excluding hydrogens is 371 g/mol. The maximum atomic E-state index is 14.9. The summed E-state index contributed by atoms with van der Waals surface area (Å²) in [5.74, 6) is 1.23. The molecule has 2 unspecified atom stereocenters. The third-order valence-corrected chi connectivity index (χ3v) is 8.74. The van der Waals surface area contributed by atoms with Gasteiger partial charge in [-0.3, -0.25) is 9.59 Å². The predicted molar refractivity (Wildman–Crippen MR) is 94.7 cm³/mol. The molecule has 3 saturated carbocycles. The Hall–Kier alpha value is -0.510. The van der Waals surface area contributed by atoms with E-state index in [-0.39, 0.29) is 35.2 Å². The summed E-state index contributed by atoms with van der Waals surface area (Å²) in [7, 11) is 0. The Morgan fingerprint density at radius 2 is 2.00 bits per heavy atom. The van der Waals surface area contributed by atoms with E-state index >= 15 is 0 Å². The molecule has 4 heteroatoms. The molecule has 4 rings (SSSR count). The van der Waals surface area contributed by atoms with E-state index in [2.05, 4.69) is 22.9 Å². The van der Waals surface area contributed by atoms with Crippen molar-refractivity contribution in [2.45, 2.75) is 58.5 Å². The van der Waals surface area contributed by atoms with Crippen LogP contribution in [-0.2, 0) is 9.59 Å². The molecule has 4 aliphatic rings. The fourth-order valence-corrected chi connectivity index (χ4v) is 7.33. The van der Waals surface area contributed by atoms with E-state index in [1.807, 2.05) is 13.0 Å². The normalized spacial score (nSPS) is 50.8. The highest BCUT2D eigenvalue weighted by Gasteiger charge is 2.63. The fourth-order valence-electron chi connectivity index (χ4n) is 6.71. The molecule has 0 bridgehead atoms. The summed E-state index contributed by atoms with van der Waals surface area (Å²) >= 11 is 3.63. The van der Waals surface area contributed by atoms with E-state index in [1.165, 1.54) is 5.57 Å². The van der Waals surface area contributed by atoms with Crippen molar-refractivity contribution in [1.82, 2.24) is 0 Å². The SMILES string of the molecule is C[C@]12CCC(=O)C=C1C(CBr)C[C@@H]1[C@@H]2CC[C@]2(C)C(=O)CC(F)[C@@H]12. The van der Waals surface area contributed by atoms with E-state index in [1.54, 1.807) is 0 Å². The Labute approximate surface area is 151 Å². The van der Waals surface area contributed by atoms with Gasteiger partial charge in [-0.05, 0) is 54.9 Å². The van der Waals surface area contributed by atoms with E-state index in [0.29, 0.717) is 18.3 Å². The number of carbonyl (C=O) groups excluding carboxylic acids is 2. The molecule has 0 saturated heterocycles. The first kappa shape index (κ1) is 16.9. The zero-order chi connectivity index (χ0) is 17.3. The van der Waals surface area contributed by atoms with Gasteiger partial charge in [-0.25, -0.2) is 4.39 Å². The predicted octanol–water partition coefficient (Wildman–Crippen LogP) is 4.66. The Morgan fingerprint density at radius 3 is 2.71 bits per heavy atom. The van der Waals surface area contributed by atoms with Crippen LogP contribution in [0.5, 0.6) is 0 Å². The second-order valence-corrected chi connectivity index (χ2v) is 9.61. The van der Waals surface area contributed by atoms with Gasteiger partial charge in [-0.2, -0.15) is 0 Å². The van der Waals surface area contributed by atoms with Gasteiger partial charge in [0, 0.05) is 29.5 Å². The molecule has 132 valence electrons. The topological polar surface area (TPSA) is 34.1 Å². The van der Waals surface area contributed by atoms with Crippen molar-refractivity contribution in [3.05, 3.63) is 11.6 Å². The van der Waals surface area contributed by atoms with Crippen LogP contribution in [0.25, 0.3) is 0 Å². The zero-order valence-corrected chi connectivity index (χ0v) is 16.1. The third-order valence-electron chi connectivity index (χ3n) is 7.96. The maximum absolute atomic E-state index is 14.9. The molecule has 7 atom stereocenters. The highest BCUT2D eigenvalue weighted by molar-refractivity contribution is 9.09. The molecule has 0 spiro atoms. The first-order chi connectivity index (χ1) is 11.3. The van der Waals surface area contributed by atoms with Gasteiger partial charge in [0.25, 0.3) is 0 Å². The number of halogens is 2. The van der Waals surface area contributed by atoms with Crippen LogP contribution in [0.2, 0.25) is 0 Å². The van der Waals surface area contributed by atoms with Crippen LogP contribution in [0.1, 0.15) is 52.4 Å². The minimum atomic E-state index is -0.981. The number of carbonyl (C=O) groups is 2. The van der Waals surface area contributed by atoms with Crippen LogP contribution in [0.15, 0.2) is 11.6 Å². The van der Waals surface area contributed by atoms with E-state index in [4.69, 9.17) is 0 Å². The van der Waals surface area contributed by atoms with Crippen molar-refractivity contribution in [1.29, 1.82) is 0 Å². The van der Waals surface area contributed by atoms with Crippen LogP contribution in [-0.4, -0.2) is 23.1 Å². The average molecular weight is 397 g/mol. The van der Waals surface area contributed by atoms with E-state index in [9.17, 15) is 14.0 Å². The van der Waals surface area contributed by atoms with Crippen molar-refractivity contribution in [3.63, 3.8) is 0 Å². The average Bonchev–Trinajstić information content (AvgIpc) is 2.77. The first-order valence-electron chi connectivity index (χ1n) is 9.29. The van der Waals surface area contributed by atoms with Gasteiger partial charge in [0.1, 0.15) is 12.0 Å². The summed E-state index contributed by atoms with van der Waals surface area (Å²) in [6.07, 6.45) is 5.24. The van der Waals surface area contributed by atoms with Gasteiger partial charge in [0.2, 0.25) is 0 Å². The second kappa shape index (κ2) is 5.49. The maximum Gasteiger partial charge on any atom is 0.155 e. The Bertz CT molecular complexity index is 629. The third kappa shape index (κ3) is 2.10. The summed E-state index contributed by atoms with van der Waals surface area (Å²) in [6.45, 7) is 4.31. The molecule has 2 nitrogen and oxygen atoms in total. The van der Waals surface area contributed by atoms with Crippen LogP contribution in [0.4, 0.5) is 4.39 Å². The lowest BCUT2D eigenvalue weighted by atomic mass is 9.45. The van der Waals surface area contributed by atoms with Crippen LogP contribution < -0.4 is 0 Å². The number of Topliss-reactive ketones (excluding diaryl/α,β-unsaturated/α-hetero) is 1. The number of hydrogen-bond acceptors (Lipinski definition) is 2. The second-order valence-electron chi connectivity index (χ2n) is 8.97. The molecular formula is C20H26BrFO2. The lowest BCUT2D eigenvalue weighted by Crippen LogP contribution is -2.54. The Kier molecular flexibility index (Phi) is 3.87. The van der Waals surface area contributed by atoms with Crippen molar-refractivity contribution in [2.24, 2.45) is 34.5 Å². The molecule has 0 aromatic carbocycles. The largest absolute Gasteiger partial charge is 0.299 e. The van der Waals surface area contributed by atoms with E-state index in [0.717, 1.165) is 31.0 Å². The Morgan fingerprint density at radius 1 is 1.25 bits per heavy atom. The summed E-state index contributed by atoms with van der Waals surface area (Å²) in [5.41, 5.74) is 0.835. The number of alkyl halides is 2. The minimum absolute atomic E-state index is 0.00194. The van der Waals surface area contributed by atoms with Crippen LogP contribution >= 0.6 is 15.9 Å². The van der Waals surface area contributed by atoms with Gasteiger partial charge in [0.05, 0.1) is 0 Å². The van der Waals surface area contributed by atoms with Crippen LogP contribution in [0, 0.1) is 34.5 Å². The highest BCUT2D eigenvalue weighted by atomic mass is 79.9. The summed E-state index contributed by atoms with van der Waals surface area (Å²) in [6, 6.07) is 0. The van der Waals surface area contributed by atoms with Gasteiger partial charge in [-0.15, -0.1) is 0 Å². The fraction of sp³-hybridized carbons (Fsp3) is 0.800. The summed E-state index contributed by atoms with van der Waals surface area (Å²) < 4.78 is 14.9. The number of allylic oxidation sites excluding steroid dienone is 1. The molecule has 4 aliphatic carbocycles. The molecule has 0 aromatic rings. The number of ketones is 2. The molecule has 0 aromatic heterocycles. The quantitative estimate of drug-likeness (QED) is 0.604. The molecule has 0 heterocycles. The summed E-state index contributed by atoms with van der Waals surface area (Å²) in [4.78, 5) is 24.5. The van der Waals surface area contributed by atoms with Crippen molar-refractivity contribution >= 4 is 27.5 Å². The molecule has 0 aliphatic heterocycles. The monoisotopic (exact) mass is 396 g/mol. The highest BCUT2D eigenvalue weighted by Crippen LogP contribution is 2.65. The van der Waals surface area contributed by atoms with Gasteiger partial charge in [0.15, 0.2) is 5.78 Å². The molecule has 0 N–H and O–H groups in total. The first-order valence-corrected chi connectivity index (χ1v) is 10.4. The van der Waals surface area contributed by atoms with Gasteiger partial charge in [-0.1, -0.05) is 35.4 Å².